The van der Waals surface area contributed by atoms with Crippen molar-refractivity contribution in [3.05, 3.63) is 62.5 Å². The highest BCUT2D eigenvalue weighted by molar-refractivity contribution is 9.11. The second-order valence-electron chi connectivity index (χ2n) is 5.30. The van der Waals surface area contributed by atoms with Crippen molar-refractivity contribution < 1.29 is 14.3 Å². The highest BCUT2D eigenvalue weighted by Crippen LogP contribution is 2.38. The Balaban J connectivity index is 1.89. The van der Waals surface area contributed by atoms with Crippen LogP contribution in [0.2, 0.25) is 0 Å². The van der Waals surface area contributed by atoms with Gasteiger partial charge in [-0.1, -0.05) is 52.3 Å². The Bertz CT molecular complexity index is 821. The number of hydrogen-bond acceptors (Lipinski definition) is 4. The summed E-state index contributed by atoms with van der Waals surface area (Å²) in [6.45, 7) is 1.72. The maximum Gasteiger partial charge on any atom is 0.277 e. The first-order chi connectivity index (χ1) is 12.5. The van der Waals surface area contributed by atoms with Gasteiger partial charge in [-0.3, -0.25) is 4.79 Å². The number of amides is 1. The van der Waals surface area contributed by atoms with Crippen molar-refractivity contribution in [2.75, 3.05) is 13.7 Å². The molecule has 2 rings (SSSR count). The van der Waals surface area contributed by atoms with Gasteiger partial charge in [-0.05, 0) is 46.1 Å². The van der Waals surface area contributed by atoms with Crippen LogP contribution in [0, 0.1) is 0 Å². The average molecular weight is 482 g/mol. The van der Waals surface area contributed by atoms with Crippen molar-refractivity contribution in [3.8, 4) is 11.5 Å². The molecule has 0 saturated carbocycles. The maximum absolute atomic E-state index is 11.9. The molecule has 0 aliphatic rings. The van der Waals surface area contributed by atoms with Gasteiger partial charge in [-0.25, -0.2) is 5.43 Å². The van der Waals surface area contributed by atoms with Gasteiger partial charge < -0.3 is 9.47 Å². The Morgan fingerprint density at radius 3 is 2.65 bits per heavy atom. The van der Waals surface area contributed by atoms with Crippen LogP contribution in [0.1, 0.15) is 12.5 Å². The van der Waals surface area contributed by atoms with Crippen LogP contribution < -0.4 is 14.9 Å². The van der Waals surface area contributed by atoms with Crippen LogP contribution in [0.25, 0.3) is 6.08 Å². The molecule has 0 radical (unpaired) electrons. The van der Waals surface area contributed by atoms with Gasteiger partial charge >= 0.3 is 0 Å². The highest BCUT2D eigenvalue weighted by atomic mass is 79.9. The summed E-state index contributed by atoms with van der Waals surface area (Å²) in [5, 5.41) is 3.94. The lowest BCUT2D eigenvalue weighted by molar-refractivity contribution is -0.123. The molecule has 26 heavy (non-hydrogen) atoms. The van der Waals surface area contributed by atoms with E-state index in [1.54, 1.807) is 12.3 Å². The lowest BCUT2D eigenvalue weighted by atomic mass is 10.1. The van der Waals surface area contributed by atoms with E-state index in [4.69, 9.17) is 9.47 Å². The number of nitrogens with zero attached hydrogens (tertiary/aromatic N) is 1. The van der Waals surface area contributed by atoms with Crippen LogP contribution in [0.4, 0.5) is 0 Å². The standard InChI is InChI=1S/C19H18Br2N2O3/c1-13(8-14-6-4-3-5-7-14)11-22-23-18(24)12-26-19-16(21)9-15(20)10-17(19)25-2/h3-11H,12H2,1-2H3,(H,23,24)/b13-8+,22-11+. The first-order valence-electron chi connectivity index (χ1n) is 7.70. The van der Waals surface area contributed by atoms with Crippen molar-refractivity contribution >= 4 is 50.1 Å². The molecule has 0 atom stereocenters. The topological polar surface area (TPSA) is 59.9 Å². The summed E-state index contributed by atoms with van der Waals surface area (Å²) >= 11 is 6.76. The van der Waals surface area contributed by atoms with Crippen LogP contribution in [0.5, 0.6) is 11.5 Å². The molecular formula is C19H18Br2N2O3. The third-order valence-corrected chi connectivity index (χ3v) is 4.24. The van der Waals surface area contributed by atoms with Crippen molar-refractivity contribution in [1.82, 2.24) is 5.43 Å². The quantitative estimate of drug-likeness (QED) is 0.456. The molecule has 0 bridgehead atoms. The second-order valence-corrected chi connectivity index (χ2v) is 7.07. The van der Waals surface area contributed by atoms with E-state index >= 15 is 0 Å². The van der Waals surface area contributed by atoms with Crippen molar-refractivity contribution in [1.29, 1.82) is 0 Å². The number of allylic oxidation sites excluding steroid dienone is 1. The lowest BCUT2D eigenvalue weighted by Gasteiger charge is -2.12. The Morgan fingerprint density at radius 1 is 1.23 bits per heavy atom. The van der Waals surface area contributed by atoms with Gasteiger partial charge in [-0.15, -0.1) is 0 Å². The summed E-state index contributed by atoms with van der Waals surface area (Å²) in [5.41, 5.74) is 4.42. The molecule has 1 amide bonds. The summed E-state index contributed by atoms with van der Waals surface area (Å²) in [5.74, 6) is 0.602. The van der Waals surface area contributed by atoms with E-state index in [2.05, 4.69) is 42.4 Å². The molecule has 0 saturated heterocycles. The van der Waals surface area contributed by atoms with Gasteiger partial charge in [0.15, 0.2) is 18.1 Å². The Labute approximate surface area is 169 Å². The molecule has 0 fully saturated rings. The minimum atomic E-state index is -0.370. The zero-order valence-electron chi connectivity index (χ0n) is 14.3. The number of rotatable bonds is 7. The molecule has 2 aromatic rings. The SMILES string of the molecule is COc1cc(Br)cc(Br)c1OCC(=O)N/N=C/C(C)=C/c1ccccc1. The van der Waals surface area contributed by atoms with E-state index in [0.717, 1.165) is 15.6 Å². The van der Waals surface area contributed by atoms with E-state index in [1.165, 1.54) is 7.11 Å². The van der Waals surface area contributed by atoms with Gasteiger partial charge in [0.25, 0.3) is 5.91 Å². The molecule has 0 aliphatic carbocycles. The number of carbonyl (C=O) groups excluding carboxylic acids is 1. The van der Waals surface area contributed by atoms with Crippen LogP contribution >= 0.6 is 31.9 Å². The monoisotopic (exact) mass is 480 g/mol. The molecule has 0 aliphatic heterocycles. The van der Waals surface area contributed by atoms with E-state index in [-0.39, 0.29) is 12.5 Å². The van der Waals surface area contributed by atoms with Gasteiger partial charge in [0.05, 0.1) is 17.8 Å². The predicted octanol–water partition coefficient (Wildman–Crippen LogP) is 4.80. The third kappa shape index (κ3) is 6.31. The number of hydrogen-bond donors (Lipinski definition) is 1. The summed E-state index contributed by atoms with van der Waals surface area (Å²) in [7, 11) is 1.54. The minimum Gasteiger partial charge on any atom is -0.493 e. The number of benzene rings is 2. The molecule has 5 nitrogen and oxygen atoms in total. The van der Waals surface area contributed by atoms with Crippen LogP contribution in [-0.4, -0.2) is 25.8 Å². The van der Waals surface area contributed by atoms with E-state index < -0.39 is 0 Å². The first-order valence-corrected chi connectivity index (χ1v) is 9.29. The zero-order valence-corrected chi connectivity index (χ0v) is 17.5. The zero-order chi connectivity index (χ0) is 18.9. The maximum atomic E-state index is 11.9. The number of halogens is 2. The fraction of sp³-hybridized carbons (Fsp3) is 0.158. The molecular weight excluding hydrogens is 464 g/mol. The third-order valence-electron chi connectivity index (χ3n) is 3.19. The average Bonchev–Trinajstić information content (AvgIpc) is 2.61. The minimum absolute atomic E-state index is 0.185. The highest BCUT2D eigenvalue weighted by Gasteiger charge is 2.12. The molecule has 7 heteroatoms. The predicted molar refractivity (Wildman–Crippen MR) is 111 cm³/mol. The smallest absolute Gasteiger partial charge is 0.277 e. The number of nitrogens with one attached hydrogen (secondary N) is 1. The van der Waals surface area contributed by atoms with Crippen molar-refractivity contribution in [2.24, 2.45) is 5.10 Å². The molecule has 0 aromatic heterocycles. The van der Waals surface area contributed by atoms with E-state index in [1.807, 2.05) is 49.4 Å². The van der Waals surface area contributed by atoms with Gasteiger partial charge in [0, 0.05) is 4.47 Å². The van der Waals surface area contributed by atoms with Crippen LogP contribution in [0.15, 0.2) is 62.1 Å². The van der Waals surface area contributed by atoms with E-state index in [9.17, 15) is 4.79 Å². The molecule has 0 spiro atoms. The van der Waals surface area contributed by atoms with Crippen molar-refractivity contribution in [2.45, 2.75) is 6.92 Å². The van der Waals surface area contributed by atoms with E-state index in [0.29, 0.717) is 16.0 Å². The molecule has 0 heterocycles. The number of methoxy groups -OCH3 is 1. The Hall–Kier alpha value is -2.12. The number of carbonyl (C=O) groups is 1. The second kappa shape index (κ2) is 10.1. The fourth-order valence-corrected chi connectivity index (χ4v) is 3.35. The normalized spacial score (nSPS) is 11.5. The Morgan fingerprint density at radius 2 is 1.96 bits per heavy atom. The summed E-state index contributed by atoms with van der Waals surface area (Å²) in [6.07, 6.45) is 3.55. The Kier molecular flexibility index (Phi) is 7.87. The van der Waals surface area contributed by atoms with Gasteiger partial charge in [-0.2, -0.15) is 5.10 Å². The largest absolute Gasteiger partial charge is 0.493 e. The van der Waals surface area contributed by atoms with Crippen LogP contribution in [0.3, 0.4) is 0 Å². The first kappa shape index (κ1) is 20.2. The van der Waals surface area contributed by atoms with Gasteiger partial charge in [0.1, 0.15) is 0 Å². The van der Waals surface area contributed by atoms with Gasteiger partial charge in [0.2, 0.25) is 0 Å². The molecule has 136 valence electrons. The van der Waals surface area contributed by atoms with Crippen LogP contribution in [-0.2, 0) is 4.79 Å². The fourth-order valence-electron chi connectivity index (χ4n) is 2.05. The molecule has 2 aromatic carbocycles. The number of ether oxygens (including phenoxy) is 2. The summed E-state index contributed by atoms with van der Waals surface area (Å²) < 4.78 is 12.3. The lowest BCUT2D eigenvalue weighted by Crippen LogP contribution is -2.24. The summed E-state index contributed by atoms with van der Waals surface area (Å²) in [4.78, 5) is 11.9. The van der Waals surface area contributed by atoms with Crippen molar-refractivity contribution in [3.63, 3.8) is 0 Å². The molecule has 0 unspecified atom stereocenters. The molecule has 1 N–H and O–H groups in total. The number of hydrazone groups is 1. The summed E-state index contributed by atoms with van der Waals surface area (Å²) in [6, 6.07) is 13.4.